The monoisotopic (exact) mass is 231 g/mol. The zero-order chi connectivity index (χ0) is 12.9. The average Bonchev–Trinajstić information content (AvgIpc) is 2.25. The lowest BCUT2D eigenvalue weighted by molar-refractivity contribution is 0.514. The van der Waals surface area contributed by atoms with E-state index in [4.69, 9.17) is 0 Å². The van der Waals surface area contributed by atoms with Gasteiger partial charge in [0.15, 0.2) is 0 Å². The van der Waals surface area contributed by atoms with Gasteiger partial charge in [-0.3, -0.25) is 0 Å². The Bertz CT molecular complexity index is 361. The van der Waals surface area contributed by atoms with Crippen LogP contribution in [0.3, 0.4) is 0 Å². The van der Waals surface area contributed by atoms with E-state index < -0.39 is 0 Å². The second kappa shape index (κ2) is 5.90. The molecule has 0 aromatic carbocycles. The van der Waals surface area contributed by atoms with E-state index in [-0.39, 0.29) is 5.41 Å². The van der Waals surface area contributed by atoms with Gasteiger partial charge >= 0.3 is 0 Å². The van der Waals surface area contributed by atoms with E-state index >= 15 is 0 Å². The van der Waals surface area contributed by atoms with Gasteiger partial charge in [-0.2, -0.15) is 0 Å². The molecule has 0 saturated carbocycles. The number of rotatable bonds is 3. The molecule has 0 fully saturated rings. The first-order chi connectivity index (χ1) is 7.93. The molecule has 17 heavy (non-hydrogen) atoms. The van der Waals surface area contributed by atoms with Gasteiger partial charge in [0.2, 0.25) is 0 Å². The molecule has 1 N–H and O–H groups in total. The van der Waals surface area contributed by atoms with Crippen molar-refractivity contribution in [3.63, 3.8) is 0 Å². The molecule has 0 saturated heterocycles. The average molecular weight is 231 g/mol. The van der Waals surface area contributed by atoms with Crippen LogP contribution in [0.25, 0.3) is 0 Å². The summed E-state index contributed by atoms with van der Waals surface area (Å²) < 4.78 is 0. The summed E-state index contributed by atoms with van der Waals surface area (Å²) in [7, 11) is 0. The Hall–Kier alpha value is -1.24. The fraction of sp³-hybridized carbons (Fsp3) is 0.500. The van der Waals surface area contributed by atoms with Crippen molar-refractivity contribution < 1.29 is 0 Å². The zero-order valence-electron chi connectivity index (χ0n) is 11.7. The molecule has 1 atom stereocenters. The molecule has 1 aliphatic carbocycles. The van der Waals surface area contributed by atoms with Gasteiger partial charge in [0, 0.05) is 11.7 Å². The zero-order valence-corrected chi connectivity index (χ0v) is 11.7. The number of hydrogen-bond donors (Lipinski definition) is 1. The van der Waals surface area contributed by atoms with Crippen molar-refractivity contribution in [2.24, 2.45) is 5.41 Å². The van der Waals surface area contributed by atoms with Gasteiger partial charge in [-0.05, 0) is 37.3 Å². The van der Waals surface area contributed by atoms with Crippen LogP contribution in [-0.2, 0) is 0 Å². The Labute approximate surface area is 106 Å². The second-order valence-electron chi connectivity index (χ2n) is 5.62. The summed E-state index contributed by atoms with van der Waals surface area (Å²) in [6, 6.07) is 0.439. The number of hydrogen-bond acceptors (Lipinski definition) is 1. The lowest BCUT2D eigenvalue weighted by Gasteiger charge is -2.22. The SMILES string of the molecule is C/C=C(\C=C(\C)N[C@H]1C=CC=CC1)C(C)(C)C. The number of allylic oxidation sites excluding steroid dienone is 6. The first-order valence-electron chi connectivity index (χ1n) is 6.38. The highest BCUT2D eigenvalue weighted by Gasteiger charge is 2.14. The van der Waals surface area contributed by atoms with Gasteiger partial charge in [0.1, 0.15) is 0 Å². The van der Waals surface area contributed by atoms with Gasteiger partial charge in [0.05, 0.1) is 0 Å². The molecule has 1 aliphatic rings. The fourth-order valence-electron chi connectivity index (χ4n) is 1.99. The molecule has 0 radical (unpaired) electrons. The van der Waals surface area contributed by atoms with Gasteiger partial charge in [-0.1, -0.05) is 51.2 Å². The maximum Gasteiger partial charge on any atom is 0.0478 e. The van der Waals surface area contributed by atoms with Crippen LogP contribution in [0.15, 0.2) is 47.7 Å². The molecule has 1 rings (SSSR count). The Morgan fingerprint density at radius 2 is 2.00 bits per heavy atom. The topological polar surface area (TPSA) is 12.0 Å². The van der Waals surface area contributed by atoms with Crippen molar-refractivity contribution >= 4 is 0 Å². The molecule has 0 spiro atoms. The van der Waals surface area contributed by atoms with Crippen molar-refractivity contribution in [3.8, 4) is 0 Å². The molecule has 0 aromatic heterocycles. The normalized spacial score (nSPS) is 21.8. The lowest BCUT2D eigenvalue weighted by atomic mass is 9.86. The molecular formula is C16H25N. The second-order valence-corrected chi connectivity index (χ2v) is 5.62. The van der Waals surface area contributed by atoms with Crippen molar-refractivity contribution in [2.45, 2.75) is 47.1 Å². The molecular weight excluding hydrogens is 206 g/mol. The van der Waals surface area contributed by atoms with Crippen molar-refractivity contribution in [1.29, 1.82) is 0 Å². The van der Waals surface area contributed by atoms with Crippen molar-refractivity contribution in [3.05, 3.63) is 47.7 Å². The molecule has 0 aromatic rings. The summed E-state index contributed by atoms with van der Waals surface area (Å²) in [5, 5.41) is 3.54. The molecule has 0 unspecified atom stereocenters. The highest BCUT2D eigenvalue weighted by Crippen LogP contribution is 2.26. The van der Waals surface area contributed by atoms with E-state index in [1.807, 2.05) is 0 Å². The van der Waals surface area contributed by atoms with Crippen LogP contribution in [0.1, 0.15) is 41.0 Å². The third kappa shape index (κ3) is 4.64. The van der Waals surface area contributed by atoms with Crippen LogP contribution < -0.4 is 5.32 Å². The molecule has 0 amide bonds. The van der Waals surface area contributed by atoms with Crippen molar-refractivity contribution in [1.82, 2.24) is 5.32 Å². The molecule has 0 aliphatic heterocycles. The Morgan fingerprint density at radius 3 is 2.47 bits per heavy atom. The first-order valence-corrected chi connectivity index (χ1v) is 6.38. The lowest BCUT2D eigenvalue weighted by Crippen LogP contribution is -2.26. The summed E-state index contributed by atoms with van der Waals surface area (Å²) in [6.07, 6.45) is 14.1. The standard InChI is InChI=1S/C16H25N/c1-6-14(16(3,4)5)12-13(2)17-15-10-8-7-9-11-15/h6-10,12,15,17H,11H2,1-5H3/b13-12-,14-6+/t15-/m0/s1. The fourth-order valence-corrected chi connectivity index (χ4v) is 1.99. The maximum absolute atomic E-state index is 3.54. The van der Waals surface area contributed by atoms with Crippen LogP contribution >= 0.6 is 0 Å². The first kappa shape index (κ1) is 13.8. The third-order valence-corrected chi connectivity index (χ3v) is 2.94. The van der Waals surface area contributed by atoms with E-state index in [0.717, 1.165) is 6.42 Å². The minimum atomic E-state index is 0.208. The highest BCUT2D eigenvalue weighted by molar-refractivity contribution is 5.27. The van der Waals surface area contributed by atoms with Crippen LogP contribution in [0.4, 0.5) is 0 Å². The van der Waals surface area contributed by atoms with Gasteiger partial charge in [-0.15, -0.1) is 0 Å². The molecule has 1 heteroatoms. The van der Waals surface area contributed by atoms with Crippen LogP contribution in [0.5, 0.6) is 0 Å². The van der Waals surface area contributed by atoms with Crippen LogP contribution in [0, 0.1) is 5.41 Å². The summed E-state index contributed by atoms with van der Waals surface area (Å²) in [5.41, 5.74) is 2.82. The van der Waals surface area contributed by atoms with Gasteiger partial charge in [-0.25, -0.2) is 0 Å². The molecule has 0 heterocycles. The number of nitrogens with one attached hydrogen (secondary N) is 1. The Morgan fingerprint density at radius 1 is 1.29 bits per heavy atom. The molecule has 1 nitrogen and oxygen atoms in total. The quantitative estimate of drug-likeness (QED) is 0.712. The summed E-state index contributed by atoms with van der Waals surface area (Å²) in [4.78, 5) is 0. The van der Waals surface area contributed by atoms with Gasteiger partial charge in [0.25, 0.3) is 0 Å². The van der Waals surface area contributed by atoms with E-state index in [0.29, 0.717) is 6.04 Å². The summed E-state index contributed by atoms with van der Waals surface area (Å²) in [5.74, 6) is 0. The summed E-state index contributed by atoms with van der Waals surface area (Å²) in [6.45, 7) is 11.0. The smallest absolute Gasteiger partial charge is 0.0478 e. The van der Waals surface area contributed by atoms with Crippen LogP contribution in [0.2, 0.25) is 0 Å². The van der Waals surface area contributed by atoms with Crippen molar-refractivity contribution in [2.75, 3.05) is 0 Å². The van der Waals surface area contributed by atoms with E-state index in [2.05, 4.69) is 76.4 Å². The largest absolute Gasteiger partial charge is 0.382 e. The highest BCUT2D eigenvalue weighted by atomic mass is 14.9. The Kier molecular flexibility index (Phi) is 4.80. The maximum atomic E-state index is 3.54. The minimum Gasteiger partial charge on any atom is -0.382 e. The third-order valence-electron chi connectivity index (χ3n) is 2.94. The van der Waals surface area contributed by atoms with E-state index in [1.54, 1.807) is 0 Å². The molecule has 0 bridgehead atoms. The van der Waals surface area contributed by atoms with Crippen LogP contribution in [-0.4, -0.2) is 6.04 Å². The van der Waals surface area contributed by atoms with Gasteiger partial charge < -0.3 is 5.32 Å². The predicted octanol–water partition coefficient (Wildman–Crippen LogP) is 4.36. The summed E-state index contributed by atoms with van der Waals surface area (Å²) >= 11 is 0. The van der Waals surface area contributed by atoms with E-state index in [1.165, 1.54) is 11.3 Å². The van der Waals surface area contributed by atoms with E-state index in [9.17, 15) is 0 Å². The molecule has 94 valence electrons. The Balaban J connectivity index is 2.66. The predicted molar refractivity (Wildman–Crippen MR) is 76.8 cm³/mol. The minimum absolute atomic E-state index is 0.208.